The molecule has 0 radical (unpaired) electrons. The second kappa shape index (κ2) is 6.07. The van der Waals surface area contributed by atoms with E-state index in [0.717, 1.165) is 0 Å². The molecule has 0 amide bonds. The molecule has 0 saturated heterocycles. The fourth-order valence-electron chi connectivity index (χ4n) is 2.18. The van der Waals surface area contributed by atoms with Gasteiger partial charge in [0.2, 0.25) is 0 Å². The maximum atomic E-state index is 12.2. The highest BCUT2D eigenvalue weighted by Crippen LogP contribution is 2.69. The van der Waals surface area contributed by atoms with Crippen molar-refractivity contribution < 1.29 is 14.4 Å². The standard InChI is InChI=1S/C12H8Cl5O3P/c13-7-8(14)10(16)12(21(18,19)20,11(17)9(7)15)6-4-2-1-3-5-6/h1-5,10H,(H2,18,19,20). The molecule has 2 rings (SSSR count). The molecule has 2 N–H and O–H groups in total. The lowest BCUT2D eigenvalue weighted by molar-refractivity contribution is 0.339. The van der Waals surface area contributed by atoms with Crippen molar-refractivity contribution in [3.05, 3.63) is 56.0 Å². The SMILES string of the molecule is O=P(O)(O)C1(c2ccccc2)C(Cl)=C(Cl)C(Cl)=C(Cl)C1Cl. The van der Waals surface area contributed by atoms with Crippen molar-refractivity contribution in [3.63, 3.8) is 0 Å². The van der Waals surface area contributed by atoms with Crippen molar-refractivity contribution >= 4 is 65.6 Å². The summed E-state index contributed by atoms with van der Waals surface area (Å²) in [6.07, 6.45) is 0. The van der Waals surface area contributed by atoms with Gasteiger partial charge in [0, 0.05) is 0 Å². The van der Waals surface area contributed by atoms with Crippen molar-refractivity contribution in [2.45, 2.75) is 10.5 Å². The van der Waals surface area contributed by atoms with Gasteiger partial charge in [0.1, 0.15) is 0 Å². The summed E-state index contributed by atoms with van der Waals surface area (Å²) in [6.45, 7) is 0. The van der Waals surface area contributed by atoms with E-state index in [9.17, 15) is 14.4 Å². The predicted molar refractivity (Wildman–Crippen MR) is 87.3 cm³/mol. The number of rotatable bonds is 2. The van der Waals surface area contributed by atoms with Crippen molar-refractivity contribution in [3.8, 4) is 0 Å². The first-order chi connectivity index (χ1) is 9.65. The minimum absolute atomic E-state index is 0.122. The van der Waals surface area contributed by atoms with Crippen LogP contribution >= 0.6 is 65.6 Å². The van der Waals surface area contributed by atoms with Gasteiger partial charge in [0.05, 0.1) is 25.5 Å². The molecule has 0 aliphatic heterocycles. The highest BCUT2D eigenvalue weighted by molar-refractivity contribution is 7.54. The maximum absolute atomic E-state index is 12.2. The van der Waals surface area contributed by atoms with Crippen LogP contribution in [-0.4, -0.2) is 15.2 Å². The van der Waals surface area contributed by atoms with Crippen molar-refractivity contribution in [2.24, 2.45) is 0 Å². The summed E-state index contributed by atoms with van der Waals surface area (Å²) in [5, 5.41) is -4.29. The van der Waals surface area contributed by atoms with E-state index in [1.165, 1.54) is 12.1 Å². The van der Waals surface area contributed by atoms with E-state index in [-0.39, 0.29) is 25.7 Å². The molecule has 0 aromatic heterocycles. The molecule has 0 bridgehead atoms. The molecule has 2 unspecified atom stereocenters. The Kier molecular flexibility index (Phi) is 5.10. The summed E-state index contributed by atoms with van der Waals surface area (Å²) < 4.78 is 12.2. The van der Waals surface area contributed by atoms with Crippen molar-refractivity contribution in [1.29, 1.82) is 0 Å². The van der Waals surface area contributed by atoms with Crippen molar-refractivity contribution in [2.75, 3.05) is 0 Å². The van der Waals surface area contributed by atoms with Crippen LogP contribution < -0.4 is 0 Å². The van der Waals surface area contributed by atoms with Crippen LogP contribution in [0.3, 0.4) is 0 Å². The lowest BCUT2D eigenvalue weighted by Crippen LogP contribution is -2.40. The monoisotopic (exact) mass is 406 g/mol. The van der Waals surface area contributed by atoms with E-state index < -0.39 is 18.1 Å². The zero-order chi connectivity index (χ0) is 16.0. The minimum Gasteiger partial charge on any atom is -0.323 e. The molecule has 3 nitrogen and oxygen atoms in total. The quantitative estimate of drug-likeness (QED) is 0.531. The van der Waals surface area contributed by atoms with Gasteiger partial charge in [-0.25, -0.2) is 0 Å². The van der Waals surface area contributed by atoms with E-state index in [2.05, 4.69) is 0 Å². The molecule has 0 spiro atoms. The van der Waals surface area contributed by atoms with Gasteiger partial charge < -0.3 is 9.79 Å². The smallest absolute Gasteiger partial charge is 0.323 e. The summed E-state index contributed by atoms with van der Waals surface area (Å²) in [4.78, 5) is 19.9. The summed E-state index contributed by atoms with van der Waals surface area (Å²) in [7, 11) is -4.89. The lowest BCUT2D eigenvalue weighted by Gasteiger charge is -2.41. The van der Waals surface area contributed by atoms with Crippen molar-refractivity contribution in [1.82, 2.24) is 0 Å². The second-order valence-corrected chi connectivity index (χ2v) is 8.10. The number of allylic oxidation sites excluding steroid dienone is 4. The van der Waals surface area contributed by atoms with Gasteiger partial charge in [-0.3, -0.25) is 4.57 Å². The molecule has 0 saturated carbocycles. The molecular weight excluding hydrogens is 400 g/mol. The first-order valence-electron chi connectivity index (χ1n) is 5.52. The highest BCUT2D eigenvalue weighted by atomic mass is 35.5. The van der Waals surface area contributed by atoms with E-state index in [1.807, 2.05) is 0 Å². The number of halogens is 5. The third kappa shape index (κ3) is 2.58. The first kappa shape index (κ1) is 17.7. The van der Waals surface area contributed by atoms with Crippen LogP contribution in [0.2, 0.25) is 0 Å². The van der Waals surface area contributed by atoms with E-state index in [1.54, 1.807) is 18.2 Å². The molecule has 9 heteroatoms. The van der Waals surface area contributed by atoms with Gasteiger partial charge in [-0.05, 0) is 5.56 Å². The van der Waals surface area contributed by atoms with E-state index in [4.69, 9.17) is 58.0 Å². The molecular formula is C12H8Cl5O3P. The fraction of sp³-hybridized carbons (Fsp3) is 0.167. The average molecular weight is 408 g/mol. The Bertz CT molecular complexity index is 681. The lowest BCUT2D eigenvalue weighted by atomic mass is 9.90. The Labute approximate surface area is 146 Å². The molecule has 1 aliphatic rings. The van der Waals surface area contributed by atoms with E-state index >= 15 is 0 Å². The third-order valence-corrected chi connectivity index (χ3v) is 7.75. The second-order valence-electron chi connectivity index (χ2n) is 4.33. The maximum Gasteiger partial charge on any atom is 0.343 e. The summed E-state index contributed by atoms with van der Waals surface area (Å²) in [6, 6.07) is 7.87. The first-order valence-corrected chi connectivity index (χ1v) is 9.08. The molecule has 2 atom stereocenters. The Hall–Kier alpha value is 0.300. The van der Waals surface area contributed by atoms with Gasteiger partial charge in [-0.2, -0.15) is 0 Å². The number of hydrogen-bond donors (Lipinski definition) is 2. The van der Waals surface area contributed by atoms with Gasteiger partial charge in [-0.1, -0.05) is 76.7 Å². The van der Waals surface area contributed by atoms with Crippen LogP contribution in [0, 0.1) is 0 Å². The zero-order valence-electron chi connectivity index (χ0n) is 10.1. The Morgan fingerprint density at radius 2 is 1.52 bits per heavy atom. The molecule has 114 valence electrons. The Morgan fingerprint density at radius 3 is 2.00 bits per heavy atom. The number of benzene rings is 1. The normalized spacial score (nSPS) is 27.3. The topological polar surface area (TPSA) is 57.5 Å². The number of alkyl halides is 1. The Morgan fingerprint density at radius 1 is 1.00 bits per heavy atom. The molecule has 1 aromatic rings. The largest absolute Gasteiger partial charge is 0.343 e. The average Bonchev–Trinajstić information content (AvgIpc) is 2.43. The van der Waals surface area contributed by atoms with Gasteiger partial charge in [-0.15, -0.1) is 11.6 Å². The van der Waals surface area contributed by atoms with Crippen LogP contribution in [0.5, 0.6) is 0 Å². The molecule has 21 heavy (non-hydrogen) atoms. The molecule has 1 aliphatic carbocycles. The van der Waals surface area contributed by atoms with Gasteiger partial charge >= 0.3 is 7.60 Å². The Balaban J connectivity index is 2.90. The van der Waals surface area contributed by atoms with E-state index in [0.29, 0.717) is 0 Å². The van der Waals surface area contributed by atoms with Crippen LogP contribution in [0.1, 0.15) is 5.56 Å². The van der Waals surface area contributed by atoms with Crippen LogP contribution in [0.25, 0.3) is 0 Å². The number of hydrogen-bond acceptors (Lipinski definition) is 1. The van der Waals surface area contributed by atoms with Crippen LogP contribution in [0.4, 0.5) is 0 Å². The zero-order valence-corrected chi connectivity index (χ0v) is 14.8. The summed E-state index contributed by atoms with van der Waals surface area (Å²) in [5.41, 5.74) is 0.198. The molecule has 0 heterocycles. The minimum atomic E-state index is -4.89. The molecule has 1 aromatic carbocycles. The fourth-order valence-corrected chi connectivity index (χ4v) is 5.89. The highest BCUT2D eigenvalue weighted by Gasteiger charge is 2.60. The molecule has 0 fully saturated rings. The van der Waals surface area contributed by atoms with Crippen LogP contribution in [0.15, 0.2) is 50.5 Å². The summed E-state index contributed by atoms with van der Waals surface area (Å²) >= 11 is 30.3. The van der Waals surface area contributed by atoms with Gasteiger partial charge in [0.15, 0.2) is 5.16 Å². The summed E-state index contributed by atoms with van der Waals surface area (Å²) in [5.74, 6) is 0. The van der Waals surface area contributed by atoms with Crippen LogP contribution in [-0.2, 0) is 9.72 Å². The third-order valence-electron chi connectivity index (χ3n) is 3.19. The van der Waals surface area contributed by atoms with Gasteiger partial charge in [0.25, 0.3) is 0 Å². The predicted octanol–water partition coefficient (Wildman–Crippen LogP) is 5.06.